The summed E-state index contributed by atoms with van der Waals surface area (Å²) in [6.07, 6.45) is -4.28. The second kappa shape index (κ2) is 5.56. The van der Waals surface area contributed by atoms with E-state index in [9.17, 15) is 18.0 Å². The highest BCUT2D eigenvalue weighted by molar-refractivity contribution is 6.25. The molecule has 4 nitrogen and oxygen atoms in total. The molecule has 124 valence electrons. The number of carbonyl (C=O) groups excluding carboxylic acids is 1. The van der Waals surface area contributed by atoms with E-state index in [0.29, 0.717) is 13.0 Å². The molecule has 1 aromatic carbocycles. The van der Waals surface area contributed by atoms with Crippen molar-refractivity contribution >= 4 is 11.4 Å². The van der Waals surface area contributed by atoms with Gasteiger partial charge in [-0.1, -0.05) is 12.1 Å². The number of ketones is 1. The minimum atomic E-state index is -4.49. The van der Waals surface area contributed by atoms with Gasteiger partial charge in [0.25, 0.3) is 0 Å². The van der Waals surface area contributed by atoms with Crippen LogP contribution >= 0.6 is 0 Å². The van der Waals surface area contributed by atoms with Gasteiger partial charge in [-0.25, -0.2) is 0 Å². The van der Waals surface area contributed by atoms with Gasteiger partial charge in [0.2, 0.25) is 5.78 Å². The number of carbonyl (C=O) groups is 1. The van der Waals surface area contributed by atoms with Gasteiger partial charge in [-0.15, -0.1) is 0 Å². The lowest BCUT2D eigenvalue weighted by Crippen LogP contribution is -2.32. The van der Waals surface area contributed by atoms with Crippen molar-refractivity contribution in [2.75, 3.05) is 6.61 Å². The maximum absolute atomic E-state index is 13.0. The summed E-state index contributed by atoms with van der Waals surface area (Å²) in [5.41, 5.74) is 5.17. The number of alkyl halides is 3. The molecule has 0 aliphatic carbocycles. The molecule has 2 unspecified atom stereocenters. The molecule has 2 aliphatic rings. The Hall–Kier alpha value is -2.02. The molecule has 2 N–H and O–H groups in total. The summed E-state index contributed by atoms with van der Waals surface area (Å²) in [7, 11) is 0. The van der Waals surface area contributed by atoms with Crippen LogP contribution in [0.25, 0.3) is 5.57 Å². The van der Waals surface area contributed by atoms with Crippen molar-refractivity contribution in [2.24, 2.45) is 5.73 Å². The molecule has 0 saturated carbocycles. The molecule has 0 amide bonds. The number of rotatable bonds is 2. The molecule has 2 heterocycles. The van der Waals surface area contributed by atoms with Crippen LogP contribution in [0.1, 0.15) is 29.5 Å². The lowest BCUT2D eigenvalue weighted by molar-refractivity contribution is -0.138. The minimum absolute atomic E-state index is 0.00370. The highest BCUT2D eigenvalue weighted by Crippen LogP contribution is 2.37. The van der Waals surface area contributed by atoms with Crippen LogP contribution in [-0.2, 0) is 20.4 Å². The van der Waals surface area contributed by atoms with Crippen molar-refractivity contribution in [3.05, 3.63) is 40.8 Å². The largest absolute Gasteiger partial charge is 0.464 e. The van der Waals surface area contributed by atoms with Gasteiger partial charge in [-0.2, -0.15) is 13.2 Å². The molecule has 3 rings (SSSR count). The minimum Gasteiger partial charge on any atom is -0.464 e. The number of hydrogen-bond donors (Lipinski definition) is 1. The maximum Gasteiger partial charge on any atom is 0.416 e. The number of ether oxygens (including phenoxy) is 2. The fraction of sp³-hybridized carbons (Fsp3) is 0.438. The van der Waals surface area contributed by atoms with Crippen LogP contribution in [0.5, 0.6) is 0 Å². The van der Waals surface area contributed by atoms with Gasteiger partial charge in [-0.3, -0.25) is 4.79 Å². The van der Waals surface area contributed by atoms with E-state index in [-0.39, 0.29) is 22.6 Å². The fourth-order valence-corrected chi connectivity index (χ4v) is 2.97. The number of aryl methyl sites for hydroxylation is 1. The van der Waals surface area contributed by atoms with Gasteiger partial charge in [0, 0.05) is 6.61 Å². The molecule has 2 atom stereocenters. The Morgan fingerprint density at radius 3 is 2.65 bits per heavy atom. The van der Waals surface area contributed by atoms with Gasteiger partial charge in [0.1, 0.15) is 6.10 Å². The van der Waals surface area contributed by atoms with Crippen LogP contribution in [0.4, 0.5) is 13.2 Å². The first-order chi connectivity index (χ1) is 10.8. The van der Waals surface area contributed by atoms with Crippen LogP contribution in [0, 0.1) is 6.92 Å². The predicted octanol–water partition coefficient (Wildman–Crippen LogP) is 2.79. The Morgan fingerprint density at radius 1 is 1.30 bits per heavy atom. The molecule has 1 aromatic rings. The third-order valence-corrected chi connectivity index (χ3v) is 4.14. The van der Waals surface area contributed by atoms with E-state index in [0.717, 1.165) is 12.5 Å². The van der Waals surface area contributed by atoms with Gasteiger partial charge >= 0.3 is 6.18 Å². The molecular formula is C16H16F3NO3. The summed E-state index contributed by atoms with van der Waals surface area (Å²) in [5.74, 6) is -0.571. The lowest BCUT2D eigenvalue weighted by atomic mass is 9.94. The maximum atomic E-state index is 13.0. The van der Waals surface area contributed by atoms with Gasteiger partial charge in [-0.05, 0) is 37.0 Å². The second-order valence-corrected chi connectivity index (χ2v) is 5.72. The lowest BCUT2D eigenvalue weighted by Gasteiger charge is -2.16. The van der Waals surface area contributed by atoms with Gasteiger partial charge in [0.05, 0.1) is 11.1 Å². The van der Waals surface area contributed by atoms with Crippen molar-refractivity contribution in [3.63, 3.8) is 0 Å². The number of nitrogens with two attached hydrogens (primary N) is 1. The zero-order chi connectivity index (χ0) is 16.8. The zero-order valence-electron chi connectivity index (χ0n) is 12.4. The summed E-state index contributed by atoms with van der Waals surface area (Å²) in [6, 6.07) is 3.72. The number of Topliss-reactive ketones (excluding diaryl/α,β-unsaturated/α-hetero) is 1. The van der Waals surface area contributed by atoms with Gasteiger partial charge in [0.15, 0.2) is 12.0 Å². The predicted molar refractivity (Wildman–Crippen MR) is 76.1 cm³/mol. The Bertz CT molecular complexity index is 676. The van der Waals surface area contributed by atoms with Crippen LogP contribution < -0.4 is 5.73 Å². The standard InChI is InChI=1S/C16H16F3NO3/c1-8-4-5-9(7-10(8)16(17,18)19)12-13(21)14(23-15(12)20)11-3-2-6-22-11/h4-5,7,11,14H,2-3,6,20H2,1H3. The summed E-state index contributed by atoms with van der Waals surface area (Å²) in [5, 5.41) is 0. The van der Waals surface area contributed by atoms with Crippen molar-refractivity contribution in [1.29, 1.82) is 0 Å². The summed E-state index contributed by atoms with van der Waals surface area (Å²) < 4.78 is 50.0. The topological polar surface area (TPSA) is 61.6 Å². The van der Waals surface area contributed by atoms with Gasteiger partial charge < -0.3 is 15.2 Å². The Balaban J connectivity index is 1.95. The smallest absolute Gasteiger partial charge is 0.416 e. The van der Waals surface area contributed by atoms with Crippen molar-refractivity contribution in [3.8, 4) is 0 Å². The third-order valence-electron chi connectivity index (χ3n) is 4.14. The molecule has 0 bridgehead atoms. The second-order valence-electron chi connectivity index (χ2n) is 5.72. The van der Waals surface area contributed by atoms with Crippen LogP contribution in [0.15, 0.2) is 24.1 Å². The van der Waals surface area contributed by atoms with Crippen molar-refractivity contribution < 1.29 is 27.4 Å². The molecular weight excluding hydrogens is 311 g/mol. The SMILES string of the molecule is Cc1ccc(C2=C(N)OC(C3CCCO3)C2=O)cc1C(F)(F)F. The molecule has 2 aliphatic heterocycles. The van der Waals surface area contributed by atoms with Crippen LogP contribution in [0.3, 0.4) is 0 Å². The highest BCUT2D eigenvalue weighted by Gasteiger charge is 2.42. The first-order valence-electron chi connectivity index (χ1n) is 7.29. The Labute approximate surface area is 131 Å². The molecule has 23 heavy (non-hydrogen) atoms. The molecule has 7 heteroatoms. The zero-order valence-corrected chi connectivity index (χ0v) is 12.4. The van der Waals surface area contributed by atoms with E-state index in [4.69, 9.17) is 15.2 Å². The first kappa shape index (κ1) is 15.9. The number of benzene rings is 1. The van der Waals surface area contributed by atoms with Crippen LogP contribution in [-0.4, -0.2) is 24.6 Å². The van der Waals surface area contributed by atoms with Crippen molar-refractivity contribution in [2.45, 2.75) is 38.1 Å². The highest BCUT2D eigenvalue weighted by atomic mass is 19.4. The normalized spacial score (nSPS) is 25.1. The average Bonchev–Trinajstić information content (AvgIpc) is 3.07. The number of halogens is 3. The molecule has 1 saturated heterocycles. The third kappa shape index (κ3) is 2.81. The Morgan fingerprint density at radius 2 is 2.04 bits per heavy atom. The van der Waals surface area contributed by atoms with Crippen LogP contribution in [0.2, 0.25) is 0 Å². The average molecular weight is 327 g/mol. The molecule has 1 fully saturated rings. The van der Waals surface area contributed by atoms with E-state index in [1.165, 1.54) is 19.1 Å². The summed E-state index contributed by atoms with van der Waals surface area (Å²) in [4.78, 5) is 12.5. The Kier molecular flexibility index (Phi) is 3.83. The van der Waals surface area contributed by atoms with E-state index < -0.39 is 29.7 Å². The van der Waals surface area contributed by atoms with Crippen molar-refractivity contribution in [1.82, 2.24) is 0 Å². The fourth-order valence-electron chi connectivity index (χ4n) is 2.97. The molecule has 0 aromatic heterocycles. The number of hydrogen-bond acceptors (Lipinski definition) is 4. The van der Waals surface area contributed by atoms with E-state index >= 15 is 0 Å². The van der Waals surface area contributed by atoms with E-state index in [1.54, 1.807) is 0 Å². The summed E-state index contributed by atoms with van der Waals surface area (Å²) >= 11 is 0. The summed E-state index contributed by atoms with van der Waals surface area (Å²) in [6.45, 7) is 1.91. The first-order valence-corrected chi connectivity index (χ1v) is 7.29. The quantitative estimate of drug-likeness (QED) is 0.907. The molecule has 0 spiro atoms. The van der Waals surface area contributed by atoms with E-state index in [1.807, 2.05) is 0 Å². The molecule has 0 radical (unpaired) electrons. The van der Waals surface area contributed by atoms with E-state index in [2.05, 4.69) is 0 Å². The monoisotopic (exact) mass is 327 g/mol.